The van der Waals surface area contributed by atoms with Crippen LogP contribution >= 0.6 is 11.6 Å². The van der Waals surface area contributed by atoms with Gasteiger partial charge in [-0.2, -0.15) is 0 Å². The summed E-state index contributed by atoms with van der Waals surface area (Å²) in [5.74, 6) is 0.722. The van der Waals surface area contributed by atoms with Crippen molar-refractivity contribution in [2.45, 2.75) is 6.92 Å². The van der Waals surface area contributed by atoms with Gasteiger partial charge >= 0.3 is 0 Å². The number of hydrogen-bond acceptors (Lipinski definition) is 2. The summed E-state index contributed by atoms with van der Waals surface area (Å²) >= 11 is 5.00. The maximum atomic E-state index is 7.62. The molecule has 0 unspecified atom stereocenters. The Kier molecular flexibility index (Phi) is 23.9. The Labute approximate surface area is 48.7 Å². The van der Waals surface area contributed by atoms with Gasteiger partial charge in [-0.3, -0.25) is 0 Å². The van der Waals surface area contributed by atoms with Gasteiger partial charge in [-0.1, -0.05) is 6.92 Å². The summed E-state index contributed by atoms with van der Waals surface area (Å²) in [7, 11) is 0. The van der Waals surface area contributed by atoms with E-state index in [9.17, 15) is 0 Å². The Balaban J connectivity index is 0. The molecule has 0 rings (SSSR count). The van der Waals surface area contributed by atoms with Gasteiger partial charge < -0.3 is 10.2 Å². The fourth-order valence-corrected chi connectivity index (χ4v) is 0. The zero-order valence-corrected chi connectivity index (χ0v) is 5.15. The number of alkyl halides is 1. The van der Waals surface area contributed by atoms with Gasteiger partial charge in [0.25, 0.3) is 0 Å². The van der Waals surface area contributed by atoms with Crippen LogP contribution in [0.3, 0.4) is 0 Å². The van der Waals surface area contributed by atoms with Crippen molar-refractivity contribution in [2.75, 3.05) is 19.1 Å². The second kappa shape index (κ2) is 16.4. The normalized spacial score (nSPS) is 6.86. The summed E-state index contributed by atoms with van der Waals surface area (Å²) in [5.41, 5.74) is 0. The molecule has 0 bridgehead atoms. The third kappa shape index (κ3) is 75.2. The van der Waals surface area contributed by atoms with E-state index in [1.54, 1.807) is 0 Å². The molecule has 7 heavy (non-hydrogen) atoms. The van der Waals surface area contributed by atoms with Crippen LogP contribution in [-0.2, 0) is 0 Å². The first-order valence-corrected chi connectivity index (χ1v) is 2.64. The van der Waals surface area contributed by atoms with Gasteiger partial charge in [0.2, 0.25) is 0 Å². The summed E-state index contributed by atoms with van der Waals surface area (Å²) in [6, 6.07) is 0. The van der Waals surface area contributed by atoms with Crippen molar-refractivity contribution < 1.29 is 10.2 Å². The standard InChI is InChI=1S/C2H5Cl.C2H6O2/c1-2-3;3-1-2-4/h2H2,1H3;3-4H,1-2H2. The van der Waals surface area contributed by atoms with Crippen LogP contribution in [0.5, 0.6) is 0 Å². The molecule has 2 N–H and O–H groups in total. The van der Waals surface area contributed by atoms with Crippen LogP contribution in [0.4, 0.5) is 0 Å². The van der Waals surface area contributed by atoms with E-state index in [2.05, 4.69) is 0 Å². The van der Waals surface area contributed by atoms with Crippen molar-refractivity contribution >= 4 is 11.6 Å². The molecule has 0 amide bonds. The molecular formula is C4H11ClO2. The number of hydrogen-bond donors (Lipinski definition) is 2. The molecule has 0 aliphatic heterocycles. The minimum Gasteiger partial charge on any atom is -0.394 e. The van der Waals surface area contributed by atoms with Crippen molar-refractivity contribution in [2.24, 2.45) is 0 Å². The van der Waals surface area contributed by atoms with Crippen LogP contribution < -0.4 is 0 Å². The number of rotatable bonds is 1. The molecule has 3 heteroatoms. The van der Waals surface area contributed by atoms with Crippen molar-refractivity contribution in [1.29, 1.82) is 0 Å². The minimum absolute atomic E-state index is 0.125. The van der Waals surface area contributed by atoms with E-state index in [0.29, 0.717) is 0 Å². The van der Waals surface area contributed by atoms with E-state index in [1.165, 1.54) is 0 Å². The second-order valence-electron chi connectivity index (χ2n) is 0.714. The fourth-order valence-electron chi connectivity index (χ4n) is 0. The lowest BCUT2D eigenvalue weighted by molar-refractivity contribution is 0.186. The lowest BCUT2D eigenvalue weighted by atomic mass is 10.8. The van der Waals surface area contributed by atoms with Crippen molar-refractivity contribution in [3.8, 4) is 0 Å². The van der Waals surface area contributed by atoms with Crippen LogP contribution in [0.1, 0.15) is 6.92 Å². The predicted molar refractivity (Wildman–Crippen MR) is 30.6 cm³/mol. The van der Waals surface area contributed by atoms with Crippen molar-refractivity contribution in [1.82, 2.24) is 0 Å². The van der Waals surface area contributed by atoms with E-state index in [1.807, 2.05) is 6.92 Å². The maximum Gasteiger partial charge on any atom is 0.0662 e. The van der Waals surface area contributed by atoms with Crippen LogP contribution in [0.25, 0.3) is 0 Å². The van der Waals surface area contributed by atoms with Gasteiger partial charge in [0.15, 0.2) is 0 Å². The number of aliphatic hydroxyl groups excluding tert-OH is 2. The van der Waals surface area contributed by atoms with Gasteiger partial charge in [0, 0.05) is 5.88 Å². The minimum atomic E-state index is -0.125. The first kappa shape index (κ1) is 10.2. The van der Waals surface area contributed by atoms with E-state index >= 15 is 0 Å². The predicted octanol–water partition coefficient (Wildman–Crippen LogP) is 0.216. The smallest absolute Gasteiger partial charge is 0.0662 e. The zero-order chi connectivity index (χ0) is 6.12. The summed E-state index contributed by atoms with van der Waals surface area (Å²) in [6.07, 6.45) is 0. The molecule has 0 radical (unpaired) electrons. The SMILES string of the molecule is CCCl.OCCO. The van der Waals surface area contributed by atoms with E-state index in [4.69, 9.17) is 21.8 Å². The zero-order valence-electron chi connectivity index (χ0n) is 4.39. The molecule has 0 aliphatic carbocycles. The molecule has 0 aromatic heterocycles. The molecule has 0 aromatic rings. The highest BCUT2D eigenvalue weighted by atomic mass is 35.5. The topological polar surface area (TPSA) is 40.5 Å². The molecule has 0 aliphatic rings. The van der Waals surface area contributed by atoms with E-state index < -0.39 is 0 Å². The maximum absolute atomic E-state index is 7.62. The fraction of sp³-hybridized carbons (Fsp3) is 1.00. The monoisotopic (exact) mass is 126 g/mol. The Bertz CT molecular complexity index is 17.2. The lowest BCUT2D eigenvalue weighted by Crippen LogP contribution is -1.85. The molecule has 0 fully saturated rings. The highest BCUT2D eigenvalue weighted by molar-refractivity contribution is 6.17. The molecular weight excluding hydrogens is 115 g/mol. The molecule has 0 saturated heterocycles. The van der Waals surface area contributed by atoms with E-state index in [-0.39, 0.29) is 13.2 Å². The lowest BCUT2D eigenvalue weighted by Gasteiger charge is -1.70. The average molecular weight is 127 g/mol. The highest BCUT2D eigenvalue weighted by Gasteiger charge is 1.58. The van der Waals surface area contributed by atoms with Crippen LogP contribution in [0.2, 0.25) is 0 Å². The molecule has 0 spiro atoms. The average Bonchev–Trinajstić information content (AvgIpc) is 1.69. The first-order chi connectivity index (χ1) is 3.33. The molecule has 46 valence electrons. The molecule has 0 atom stereocenters. The Morgan fingerprint density at radius 2 is 1.43 bits per heavy atom. The molecule has 0 aromatic carbocycles. The first-order valence-electron chi connectivity index (χ1n) is 2.11. The summed E-state index contributed by atoms with van der Waals surface area (Å²) < 4.78 is 0. The molecule has 0 saturated carbocycles. The summed E-state index contributed by atoms with van der Waals surface area (Å²) in [6.45, 7) is 1.64. The largest absolute Gasteiger partial charge is 0.394 e. The number of aliphatic hydroxyl groups is 2. The Hall–Kier alpha value is 0.210. The second-order valence-corrected chi connectivity index (χ2v) is 1.25. The van der Waals surface area contributed by atoms with E-state index in [0.717, 1.165) is 5.88 Å². The van der Waals surface area contributed by atoms with Gasteiger partial charge in [0.1, 0.15) is 0 Å². The highest BCUT2D eigenvalue weighted by Crippen LogP contribution is 1.59. The van der Waals surface area contributed by atoms with Crippen molar-refractivity contribution in [3.05, 3.63) is 0 Å². The third-order valence-electron chi connectivity index (χ3n) is 0.1000. The van der Waals surface area contributed by atoms with Crippen molar-refractivity contribution in [3.63, 3.8) is 0 Å². The van der Waals surface area contributed by atoms with Gasteiger partial charge in [-0.05, 0) is 0 Å². The van der Waals surface area contributed by atoms with Crippen LogP contribution in [-0.4, -0.2) is 29.3 Å². The van der Waals surface area contributed by atoms with Gasteiger partial charge in [-0.15, -0.1) is 11.6 Å². The van der Waals surface area contributed by atoms with Gasteiger partial charge in [-0.25, -0.2) is 0 Å². The molecule has 2 nitrogen and oxygen atoms in total. The Morgan fingerprint density at radius 1 is 1.29 bits per heavy atom. The van der Waals surface area contributed by atoms with Crippen LogP contribution in [0.15, 0.2) is 0 Å². The summed E-state index contributed by atoms with van der Waals surface area (Å²) in [4.78, 5) is 0. The van der Waals surface area contributed by atoms with Crippen LogP contribution in [0, 0.1) is 0 Å². The summed E-state index contributed by atoms with van der Waals surface area (Å²) in [5, 5.41) is 15.2. The Morgan fingerprint density at radius 3 is 1.43 bits per heavy atom. The quantitative estimate of drug-likeness (QED) is 0.494. The number of halogens is 1. The molecule has 0 heterocycles. The third-order valence-corrected chi connectivity index (χ3v) is 0.1000. The van der Waals surface area contributed by atoms with Gasteiger partial charge in [0.05, 0.1) is 13.2 Å².